The van der Waals surface area contributed by atoms with Crippen molar-refractivity contribution in [3.05, 3.63) is 35.0 Å². The number of amides is 1. The number of rotatable bonds is 5. The fraction of sp³-hybridized carbons (Fsp3) is 0.444. The summed E-state index contributed by atoms with van der Waals surface area (Å²) in [6.07, 6.45) is -4.97. The maximum absolute atomic E-state index is 13.5. The second kappa shape index (κ2) is 8.07. The molecule has 1 aliphatic heterocycles. The number of halogens is 5. The summed E-state index contributed by atoms with van der Waals surface area (Å²) in [4.78, 5) is 16.2. The van der Waals surface area contributed by atoms with Crippen molar-refractivity contribution in [3.8, 4) is 5.75 Å². The molecule has 0 spiro atoms. The van der Waals surface area contributed by atoms with E-state index in [1.165, 1.54) is 13.0 Å². The van der Waals surface area contributed by atoms with Crippen molar-refractivity contribution in [2.75, 3.05) is 13.1 Å². The van der Waals surface area contributed by atoms with Crippen molar-refractivity contribution in [2.45, 2.75) is 38.3 Å². The molecule has 2 atom stereocenters. The maximum atomic E-state index is 13.5. The largest absolute Gasteiger partial charge is 0.435 e. The standard InChI is InChI=1S/C18H18F5N3O3/c1-8-2-14(16(28)25-6-9-3-10(27)7-24-9)26-15-12(8)4-11(29-17(19)20)5-13(15)18(21,22)23/h2,4-5,9-10,17,24,27H,3,6-7H2,1H3,(H,25,28). The Morgan fingerprint density at radius 3 is 2.69 bits per heavy atom. The van der Waals surface area contributed by atoms with Crippen molar-refractivity contribution in [1.29, 1.82) is 0 Å². The summed E-state index contributed by atoms with van der Waals surface area (Å²) in [5.74, 6) is -1.33. The van der Waals surface area contributed by atoms with E-state index in [9.17, 15) is 31.9 Å². The highest BCUT2D eigenvalue weighted by atomic mass is 19.4. The van der Waals surface area contributed by atoms with E-state index in [0.29, 0.717) is 19.0 Å². The lowest BCUT2D eigenvalue weighted by Gasteiger charge is -2.16. The van der Waals surface area contributed by atoms with Gasteiger partial charge in [-0.15, -0.1) is 0 Å². The van der Waals surface area contributed by atoms with E-state index >= 15 is 0 Å². The van der Waals surface area contributed by atoms with Crippen LogP contribution in [0, 0.1) is 6.92 Å². The van der Waals surface area contributed by atoms with Crippen LogP contribution in [0.3, 0.4) is 0 Å². The van der Waals surface area contributed by atoms with Gasteiger partial charge in [0.25, 0.3) is 5.91 Å². The Bertz CT molecular complexity index is 920. The molecule has 1 fully saturated rings. The van der Waals surface area contributed by atoms with Gasteiger partial charge in [-0.1, -0.05) is 0 Å². The summed E-state index contributed by atoms with van der Waals surface area (Å²) in [6.45, 7) is -1.27. The Labute approximate surface area is 162 Å². The van der Waals surface area contributed by atoms with E-state index in [1.54, 1.807) is 0 Å². The minimum atomic E-state index is -4.89. The van der Waals surface area contributed by atoms with E-state index in [4.69, 9.17) is 0 Å². The van der Waals surface area contributed by atoms with Crippen LogP contribution in [0.15, 0.2) is 18.2 Å². The molecule has 2 heterocycles. The van der Waals surface area contributed by atoms with E-state index in [0.717, 1.165) is 6.07 Å². The topological polar surface area (TPSA) is 83.5 Å². The number of alkyl halides is 5. The zero-order valence-electron chi connectivity index (χ0n) is 15.2. The highest BCUT2D eigenvalue weighted by molar-refractivity contribution is 5.97. The SMILES string of the molecule is Cc1cc(C(=O)NCC2CC(O)CN2)nc2c(C(F)(F)F)cc(OC(F)F)cc12. The van der Waals surface area contributed by atoms with Gasteiger partial charge in [-0.05, 0) is 37.1 Å². The molecule has 3 rings (SSSR count). The number of aryl methyl sites for hydroxylation is 1. The van der Waals surface area contributed by atoms with Crippen molar-refractivity contribution in [3.63, 3.8) is 0 Å². The Morgan fingerprint density at radius 1 is 1.38 bits per heavy atom. The summed E-state index contributed by atoms with van der Waals surface area (Å²) < 4.78 is 69.5. The molecular formula is C18H18F5N3O3. The van der Waals surface area contributed by atoms with Crippen LogP contribution in [0.4, 0.5) is 22.0 Å². The van der Waals surface area contributed by atoms with Gasteiger partial charge in [0.15, 0.2) is 0 Å². The third kappa shape index (κ3) is 4.91. The Morgan fingerprint density at radius 2 is 2.10 bits per heavy atom. The molecule has 2 unspecified atom stereocenters. The molecule has 11 heteroatoms. The lowest BCUT2D eigenvalue weighted by Crippen LogP contribution is -2.37. The first-order valence-corrected chi connectivity index (χ1v) is 8.71. The van der Waals surface area contributed by atoms with Gasteiger partial charge in [-0.2, -0.15) is 22.0 Å². The third-order valence-corrected chi connectivity index (χ3v) is 4.56. The van der Waals surface area contributed by atoms with Gasteiger partial charge in [0.05, 0.1) is 17.2 Å². The number of aromatic nitrogens is 1. The third-order valence-electron chi connectivity index (χ3n) is 4.56. The van der Waals surface area contributed by atoms with Gasteiger partial charge >= 0.3 is 12.8 Å². The van der Waals surface area contributed by atoms with Crippen molar-refractivity contribution in [1.82, 2.24) is 15.6 Å². The quantitative estimate of drug-likeness (QED) is 0.649. The van der Waals surface area contributed by atoms with Crippen molar-refractivity contribution in [2.24, 2.45) is 0 Å². The number of aliphatic hydroxyl groups excluding tert-OH is 1. The Hall–Kier alpha value is -2.53. The minimum absolute atomic E-state index is 0.0485. The summed E-state index contributed by atoms with van der Waals surface area (Å²) in [7, 11) is 0. The number of nitrogens with zero attached hydrogens (tertiary/aromatic N) is 1. The summed E-state index contributed by atoms with van der Waals surface area (Å²) >= 11 is 0. The molecular weight excluding hydrogens is 401 g/mol. The second-order valence-corrected chi connectivity index (χ2v) is 6.77. The number of nitrogens with one attached hydrogen (secondary N) is 2. The Kier molecular flexibility index (Phi) is 5.90. The molecule has 0 radical (unpaired) electrons. The number of benzene rings is 1. The number of pyridine rings is 1. The zero-order chi connectivity index (χ0) is 21.3. The number of β-amino-alcohol motifs (C(OH)–C–C–N with tert-alkyl or cyclic N) is 1. The first-order chi connectivity index (χ1) is 13.5. The van der Waals surface area contributed by atoms with Crippen LogP contribution in [0.25, 0.3) is 10.9 Å². The predicted octanol–water partition coefficient (Wildman–Crippen LogP) is 2.62. The molecule has 2 aromatic rings. The van der Waals surface area contributed by atoms with Crippen LogP contribution in [0.5, 0.6) is 5.75 Å². The van der Waals surface area contributed by atoms with Gasteiger partial charge in [-0.25, -0.2) is 4.98 Å². The van der Waals surface area contributed by atoms with Gasteiger partial charge in [0, 0.05) is 24.5 Å². The summed E-state index contributed by atoms with van der Waals surface area (Å²) in [5.41, 5.74) is -1.79. The summed E-state index contributed by atoms with van der Waals surface area (Å²) in [6, 6.07) is 2.59. The number of carbonyl (C=O) groups is 1. The number of aliphatic hydroxyl groups is 1. The summed E-state index contributed by atoms with van der Waals surface area (Å²) in [5, 5.41) is 15.0. The van der Waals surface area contributed by atoms with Crippen LogP contribution >= 0.6 is 0 Å². The predicted molar refractivity (Wildman–Crippen MR) is 92.9 cm³/mol. The van der Waals surface area contributed by atoms with Crippen molar-refractivity contribution < 1.29 is 36.6 Å². The monoisotopic (exact) mass is 419 g/mol. The zero-order valence-corrected chi connectivity index (χ0v) is 15.2. The molecule has 1 saturated heterocycles. The van der Waals surface area contributed by atoms with E-state index < -0.39 is 41.6 Å². The molecule has 0 bridgehead atoms. The second-order valence-electron chi connectivity index (χ2n) is 6.77. The normalized spacial score (nSPS) is 19.7. The number of carbonyl (C=O) groups excluding carboxylic acids is 1. The lowest BCUT2D eigenvalue weighted by atomic mass is 10.0. The number of hydrogen-bond acceptors (Lipinski definition) is 5. The van der Waals surface area contributed by atoms with Crippen LogP contribution in [-0.2, 0) is 6.18 Å². The lowest BCUT2D eigenvalue weighted by molar-refractivity contribution is -0.136. The molecule has 0 aliphatic carbocycles. The molecule has 0 saturated carbocycles. The molecule has 1 aliphatic rings. The molecule has 158 valence electrons. The van der Waals surface area contributed by atoms with Crippen LogP contribution in [0.1, 0.15) is 28.0 Å². The van der Waals surface area contributed by atoms with Crippen molar-refractivity contribution >= 4 is 16.8 Å². The van der Waals surface area contributed by atoms with E-state index in [1.807, 2.05) is 0 Å². The Balaban J connectivity index is 1.95. The average molecular weight is 419 g/mol. The highest BCUT2D eigenvalue weighted by Gasteiger charge is 2.35. The highest BCUT2D eigenvalue weighted by Crippen LogP contribution is 2.38. The smallest absolute Gasteiger partial charge is 0.418 e. The molecule has 6 nitrogen and oxygen atoms in total. The minimum Gasteiger partial charge on any atom is -0.435 e. The van der Waals surface area contributed by atoms with Gasteiger partial charge in [-0.3, -0.25) is 4.79 Å². The first kappa shape index (κ1) is 21.2. The molecule has 1 aromatic carbocycles. The van der Waals surface area contributed by atoms with Gasteiger partial charge in [0.2, 0.25) is 0 Å². The maximum Gasteiger partial charge on any atom is 0.418 e. The van der Waals surface area contributed by atoms with Gasteiger partial charge < -0.3 is 20.5 Å². The number of fused-ring (bicyclic) bond motifs is 1. The van der Waals surface area contributed by atoms with E-state index in [-0.39, 0.29) is 29.2 Å². The fourth-order valence-electron chi connectivity index (χ4n) is 3.23. The average Bonchev–Trinajstić information content (AvgIpc) is 3.03. The molecule has 3 N–H and O–H groups in total. The fourth-order valence-corrected chi connectivity index (χ4v) is 3.23. The molecule has 29 heavy (non-hydrogen) atoms. The van der Waals surface area contributed by atoms with Crippen LogP contribution in [0.2, 0.25) is 0 Å². The van der Waals surface area contributed by atoms with Crippen LogP contribution in [-0.4, -0.2) is 47.8 Å². The van der Waals surface area contributed by atoms with Gasteiger partial charge in [0.1, 0.15) is 11.4 Å². The molecule has 1 amide bonds. The van der Waals surface area contributed by atoms with Crippen LogP contribution < -0.4 is 15.4 Å². The molecule has 1 aromatic heterocycles. The number of hydrogen-bond donors (Lipinski definition) is 3. The van der Waals surface area contributed by atoms with E-state index in [2.05, 4.69) is 20.4 Å². The first-order valence-electron chi connectivity index (χ1n) is 8.71. The number of ether oxygens (including phenoxy) is 1.